The molecule has 1 aromatic rings. The molecule has 2 atom stereocenters. The van der Waals surface area contributed by atoms with Crippen LogP contribution in [0.3, 0.4) is 0 Å². The van der Waals surface area contributed by atoms with E-state index in [1.807, 2.05) is 12.1 Å². The number of methoxy groups -OCH3 is 1. The molecule has 6 heteroatoms. The molecule has 2 rings (SSSR count). The summed E-state index contributed by atoms with van der Waals surface area (Å²) >= 11 is 0. The highest BCUT2D eigenvalue weighted by atomic mass is 19.1. The Morgan fingerprint density at radius 2 is 1.88 bits per heavy atom. The van der Waals surface area contributed by atoms with E-state index in [9.17, 15) is 9.18 Å². The van der Waals surface area contributed by atoms with Gasteiger partial charge in [0.05, 0.1) is 6.61 Å². The maximum absolute atomic E-state index is 13.7. The number of ether oxygens (including phenoxy) is 2. The Morgan fingerprint density at radius 3 is 2.56 bits per heavy atom. The summed E-state index contributed by atoms with van der Waals surface area (Å²) in [5.41, 5.74) is 1.16. The fourth-order valence-electron chi connectivity index (χ4n) is 4.13. The molecule has 1 N–H and O–H groups in total. The summed E-state index contributed by atoms with van der Waals surface area (Å²) in [4.78, 5) is 14.7. The van der Waals surface area contributed by atoms with E-state index in [-0.39, 0.29) is 11.9 Å². The summed E-state index contributed by atoms with van der Waals surface area (Å²) in [5.74, 6) is 0.982. The minimum atomic E-state index is -0.746. The van der Waals surface area contributed by atoms with Crippen molar-refractivity contribution in [2.75, 3.05) is 40.0 Å². The Labute approximate surface area is 194 Å². The summed E-state index contributed by atoms with van der Waals surface area (Å²) in [6.45, 7) is 5.62. The zero-order valence-electron chi connectivity index (χ0n) is 20.1. The van der Waals surface area contributed by atoms with Gasteiger partial charge in [-0.3, -0.25) is 9.69 Å². The van der Waals surface area contributed by atoms with Gasteiger partial charge in [-0.25, -0.2) is 4.39 Å². The molecule has 0 aromatic heterocycles. The molecule has 0 spiro atoms. The van der Waals surface area contributed by atoms with Gasteiger partial charge in [0.1, 0.15) is 11.9 Å². The fraction of sp³-hybridized carbons (Fsp3) is 0.731. The molecule has 1 saturated heterocycles. The lowest BCUT2D eigenvalue weighted by molar-refractivity contribution is -0.122. The normalized spacial score (nSPS) is 17.4. The number of alkyl halides is 1. The summed E-state index contributed by atoms with van der Waals surface area (Å²) in [7, 11) is 1.73. The van der Waals surface area contributed by atoms with Crippen LogP contribution in [0.2, 0.25) is 0 Å². The number of benzene rings is 1. The van der Waals surface area contributed by atoms with Gasteiger partial charge in [-0.15, -0.1) is 0 Å². The van der Waals surface area contributed by atoms with E-state index in [1.54, 1.807) is 7.11 Å². The maximum atomic E-state index is 13.7. The SMILES string of the molecule is CCCCOc1ccc(C[C@@H](CN2CC[C@@H](F)C2)NC(=O)CCCCCCCOC)cc1. The van der Waals surface area contributed by atoms with Crippen molar-refractivity contribution < 1.29 is 18.7 Å². The second-order valence-electron chi connectivity index (χ2n) is 8.97. The van der Waals surface area contributed by atoms with Crippen LogP contribution in [0.25, 0.3) is 0 Å². The van der Waals surface area contributed by atoms with Crippen molar-refractivity contribution in [1.82, 2.24) is 10.2 Å². The first kappa shape index (κ1) is 26.6. The van der Waals surface area contributed by atoms with Gasteiger partial charge in [-0.2, -0.15) is 0 Å². The number of likely N-dealkylation sites (tertiary alicyclic amines) is 1. The quantitative estimate of drug-likeness (QED) is 0.342. The topological polar surface area (TPSA) is 50.8 Å². The molecule has 0 unspecified atom stereocenters. The highest BCUT2D eigenvalue weighted by Gasteiger charge is 2.25. The molecule has 32 heavy (non-hydrogen) atoms. The Kier molecular flexibility index (Phi) is 13.3. The molecule has 1 fully saturated rings. The van der Waals surface area contributed by atoms with Gasteiger partial charge in [0.25, 0.3) is 0 Å². The van der Waals surface area contributed by atoms with Crippen LogP contribution >= 0.6 is 0 Å². The number of nitrogens with one attached hydrogen (secondary N) is 1. The van der Waals surface area contributed by atoms with Crippen LogP contribution in [0.5, 0.6) is 5.75 Å². The predicted molar refractivity (Wildman–Crippen MR) is 128 cm³/mol. The van der Waals surface area contributed by atoms with Crippen LogP contribution in [0.15, 0.2) is 24.3 Å². The monoisotopic (exact) mass is 450 g/mol. The molecule has 0 saturated carbocycles. The van der Waals surface area contributed by atoms with Crippen molar-refractivity contribution in [3.05, 3.63) is 29.8 Å². The molecule has 1 heterocycles. The highest BCUT2D eigenvalue weighted by Crippen LogP contribution is 2.17. The second kappa shape index (κ2) is 16.0. The van der Waals surface area contributed by atoms with Crippen LogP contribution in [-0.2, 0) is 16.0 Å². The first-order chi connectivity index (χ1) is 15.6. The van der Waals surface area contributed by atoms with E-state index in [2.05, 4.69) is 29.3 Å². The number of hydrogen-bond acceptors (Lipinski definition) is 4. The Bertz CT molecular complexity index is 626. The second-order valence-corrected chi connectivity index (χ2v) is 8.97. The van der Waals surface area contributed by atoms with Gasteiger partial charge in [-0.1, -0.05) is 44.7 Å². The number of carbonyl (C=O) groups excluding carboxylic acids is 1. The van der Waals surface area contributed by atoms with Crippen LogP contribution in [0, 0.1) is 0 Å². The maximum Gasteiger partial charge on any atom is 0.220 e. The highest BCUT2D eigenvalue weighted by molar-refractivity contribution is 5.76. The van der Waals surface area contributed by atoms with Crippen molar-refractivity contribution in [3.63, 3.8) is 0 Å². The molecular formula is C26H43FN2O3. The Balaban J connectivity index is 1.81. The molecule has 1 aliphatic rings. The molecule has 1 amide bonds. The summed E-state index contributed by atoms with van der Waals surface area (Å²) in [6.07, 6.45) is 8.65. The number of carbonyl (C=O) groups is 1. The molecule has 5 nitrogen and oxygen atoms in total. The largest absolute Gasteiger partial charge is 0.494 e. The third kappa shape index (κ3) is 11.3. The smallest absolute Gasteiger partial charge is 0.220 e. The summed E-state index contributed by atoms with van der Waals surface area (Å²) in [6, 6.07) is 8.13. The lowest BCUT2D eigenvalue weighted by atomic mass is 10.0. The minimum Gasteiger partial charge on any atom is -0.494 e. The number of rotatable bonds is 17. The van der Waals surface area contributed by atoms with E-state index in [0.717, 1.165) is 82.4 Å². The van der Waals surface area contributed by atoms with Crippen molar-refractivity contribution in [3.8, 4) is 5.75 Å². The van der Waals surface area contributed by atoms with Crippen molar-refractivity contribution in [2.24, 2.45) is 0 Å². The van der Waals surface area contributed by atoms with E-state index >= 15 is 0 Å². The van der Waals surface area contributed by atoms with E-state index in [1.165, 1.54) is 0 Å². The predicted octanol–water partition coefficient (Wildman–Crippen LogP) is 4.92. The average Bonchev–Trinajstić information content (AvgIpc) is 3.19. The number of unbranched alkanes of at least 4 members (excludes halogenated alkanes) is 5. The van der Waals surface area contributed by atoms with Crippen LogP contribution in [-0.4, -0.2) is 63.0 Å². The summed E-state index contributed by atoms with van der Waals surface area (Å²) in [5, 5.41) is 3.22. The van der Waals surface area contributed by atoms with Gasteiger partial charge in [0.2, 0.25) is 5.91 Å². The van der Waals surface area contributed by atoms with E-state index in [4.69, 9.17) is 9.47 Å². The van der Waals surface area contributed by atoms with Crippen LogP contribution in [0.4, 0.5) is 4.39 Å². The lowest BCUT2D eigenvalue weighted by Gasteiger charge is -2.25. The number of halogens is 1. The average molecular weight is 451 g/mol. The number of nitrogens with zero attached hydrogens (tertiary/aromatic N) is 1. The van der Waals surface area contributed by atoms with Gasteiger partial charge in [-0.05, 0) is 49.8 Å². The van der Waals surface area contributed by atoms with E-state index in [0.29, 0.717) is 25.9 Å². The van der Waals surface area contributed by atoms with Crippen molar-refractivity contribution in [1.29, 1.82) is 0 Å². The van der Waals surface area contributed by atoms with Crippen LogP contribution < -0.4 is 10.1 Å². The van der Waals surface area contributed by atoms with Crippen LogP contribution in [0.1, 0.15) is 70.3 Å². The lowest BCUT2D eigenvalue weighted by Crippen LogP contribution is -2.44. The Hall–Kier alpha value is -1.66. The first-order valence-electron chi connectivity index (χ1n) is 12.5. The van der Waals surface area contributed by atoms with Crippen molar-refractivity contribution in [2.45, 2.75) is 83.3 Å². The van der Waals surface area contributed by atoms with E-state index < -0.39 is 6.17 Å². The van der Waals surface area contributed by atoms with Gasteiger partial charge >= 0.3 is 0 Å². The van der Waals surface area contributed by atoms with Crippen molar-refractivity contribution >= 4 is 5.91 Å². The molecule has 1 aliphatic heterocycles. The van der Waals surface area contributed by atoms with Gasteiger partial charge < -0.3 is 14.8 Å². The number of hydrogen-bond donors (Lipinski definition) is 1. The van der Waals surface area contributed by atoms with Gasteiger partial charge in [0.15, 0.2) is 0 Å². The molecule has 1 aromatic carbocycles. The molecule has 182 valence electrons. The molecule has 0 radical (unpaired) electrons. The molecular weight excluding hydrogens is 407 g/mol. The zero-order valence-corrected chi connectivity index (χ0v) is 20.1. The standard InChI is InChI=1S/C26H43FN2O3/c1-3-4-18-32-25-13-11-22(12-14-25)19-24(21-29-16-15-23(27)20-29)28-26(30)10-8-6-5-7-9-17-31-2/h11-14,23-24H,3-10,15-21H2,1-2H3,(H,28,30)/t23-,24+/m1/s1. The summed E-state index contributed by atoms with van der Waals surface area (Å²) < 4.78 is 24.5. The molecule has 0 aliphatic carbocycles. The Morgan fingerprint density at radius 1 is 1.12 bits per heavy atom. The zero-order chi connectivity index (χ0) is 23.0. The third-order valence-electron chi connectivity index (χ3n) is 5.98. The minimum absolute atomic E-state index is 0.0126. The number of amides is 1. The fourth-order valence-corrected chi connectivity index (χ4v) is 4.13. The third-order valence-corrected chi connectivity index (χ3v) is 5.98. The first-order valence-corrected chi connectivity index (χ1v) is 12.5. The van der Waals surface area contributed by atoms with Gasteiger partial charge in [0, 0.05) is 45.8 Å². The molecule has 0 bridgehead atoms.